The number of carbonyl (C=O) groups excluding carboxylic acids is 1. The minimum Gasteiger partial charge on any atom is -0.342 e. The summed E-state index contributed by atoms with van der Waals surface area (Å²) < 4.78 is 0. The average Bonchev–Trinajstić information content (AvgIpc) is 2.71. The highest BCUT2D eigenvalue weighted by Crippen LogP contribution is 2.36. The molecule has 2 aliphatic rings. The van der Waals surface area contributed by atoms with Gasteiger partial charge in [0.15, 0.2) is 0 Å². The Morgan fingerprint density at radius 1 is 1.35 bits per heavy atom. The van der Waals surface area contributed by atoms with Gasteiger partial charge in [0, 0.05) is 25.0 Å². The van der Waals surface area contributed by atoms with Crippen molar-refractivity contribution in [2.45, 2.75) is 52.0 Å². The Kier molecular flexibility index (Phi) is 4.08. The van der Waals surface area contributed by atoms with E-state index in [1.807, 2.05) is 0 Å². The molecule has 3 heteroatoms. The first-order chi connectivity index (χ1) is 8.11. The van der Waals surface area contributed by atoms with E-state index in [0.717, 1.165) is 44.7 Å². The third-order valence-corrected chi connectivity index (χ3v) is 4.55. The van der Waals surface area contributed by atoms with Crippen LogP contribution in [-0.2, 0) is 4.79 Å². The predicted molar refractivity (Wildman–Crippen MR) is 69.5 cm³/mol. The van der Waals surface area contributed by atoms with Gasteiger partial charge in [-0.1, -0.05) is 20.3 Å². The molecule has 1 aliphatic carbocycles. The molecule has 0 aromatic rings. The number of hydrogen-bond donors (Lipinski definition) is 1. The van der Waals surface area contributed by atoms with E-state index < -0.39 is 0 Å². The van der Waals surface area contributed by atoms with Gasteiger partial charge in [-0.2, -0.15) is 0 Å². The van der Waals surface area contributed by atoms with Crippen LogP contribution in [0.2, 0.25) is 0 Å². The van der Waals surface area contributed by atoms with Gasteiger partial charge in [0.2, 0.25) is 5.91 Å². The lowest BCUT2D eigenvalue weighted by Gasteiger charge is -2.27. The van der Waals surface area contributed by atoms with Crippen molar-refractivity contribution in [2.24, 2.45) is 23.5 Å². The van der Waals surface area contributed by atoms with E-state index in [2.05, 4.69) is 18.7 Å². The predicted octanol–water partition coefficient (Wildman–Crippen LogP) is 2.01. The van der Waals surface area contributed by atoms with Crippen LogP contribution < -0.4 is 5.73 Å². The van der Waals surface area contributed by atoms with E-state index in [9.17, 15) is 4.79 Å². The van der Waals surface area contributed by atoms with E-state index in [-0.39, 0.29) is 5.92 Å². The van der Waals surface area contributed by atoms with E-state index in [0.29, 0.717) is 17.9 Å². The summed E-state index contributed by atoms with van der Waals surface area (Å²) in [5.74, 6) is 1.98. The molecule has 4 atom stereocenters. The average molecular weight is 238 g/mol. The largest absolute Gasteiger partial charge is 0.342 e. The van der Waals surface area contributed by atoms with Gasteiger partial charge in [-0.25, -0.2) is 0 Å². The van der Waals surface area contributed by atoms with Gasteiger partial charge in [0.1, 0.15) is 0 Å². The monoisotopic (exact) mass is 238 g/mol. The van der Waals surface area contributed by atoms with Gasteiger partial charge in [-0.3, -0.25) is 4.79 Å². The number of fused-ring (bicyclic) bond motifs is 1. The van der Waals surface area contributed by atoms with E-state index >= 15 is 0 Å². The Morgan fingerprint density at radius 3 is 2.76 bits per heavy atom. The van der Waals surface area contributed by atoms with E-state index in [4.69, 9.17) is 5.73 Å². The lowest BCUT2D eigenvalue weighted by molar-refractivity contribution is -0.134. The second kappa shape index (κ2) is 5.38. The number of likely N-dealkylation sites (tertiary alicyclic amines) is 1. The fourth-order valence-electron chi connectivity index (χ4n) is 3.52. The molecular weight excluding hydrogens is 212 g/mol. The molecule has 17 heavy (non-hydrogen) atoms. The van der Waals surface area contributed by atoms with Crippen molar-refractivity contribution in [1.82, 2.24) is 4.90 Å². The van der Waals surface area contributed by atoms with Crippen LogP contribution in [0.1, 0.15) is 46.0 Å². The van der Waals surface area contributed by atoms with Crippen LogP contribution in [0.15, 0.2) is 0 Å². The molecule has 1 saturated carbocycles. The molecule has 2 unspecified atom stereocenters. The van der Waals surface area contributed by atoms with Gasteiger partial charge in [0.05, 0.1) is 0 Å². The molecule has 1 amide bonds. The molecule has 1 saturated heterocycles. The van der Waals surface area contributed by atoms with Crippen LogP contribution in [0.4, 0.5) is 0 Å². The first-order valence-electron chi connectivity index (χ1n) is 7.16. The first-order valence-corrected chi connectivity index (χ1v) is 7.16. The Bertz CT molecular complexity index is 279. The lowest BCUT2D eigenvalue weighted by atomic mass is 9.79. The van der Waals surface area contributed by atoms with Crippen LogP contribution >= 0.6 is 0 Å². The van der Waals surface area contributed by atoms with Gasteiger partial charge in [-0.05, 0) is 37.5 Å². The van der Waals surface area contributed by atoms with Crippen molar-refractivity contribution in [3.05, 3.63) is 0 Å². The fourth-order valence-corrected chi connectivity index (χ4v) is 3.52. The normalized spacial score (nSPS) is 34.5. The Labute approximate surface area is 105 Å². The van der Waals surface area contributed by atoms with Crippen LogP contribution in [0, 0.1) is 17.8 Å². The molecule has 0 aromatic heterocycles. The molecule has 98 valence electrons. The van der Waals surface area contributed by atoms with Crippen LogP contribution in [0.5, 0.6) is 0 Å². The maximum absolute atomic E-state index is 12.3. The zero-order valence-corrected chi connectivity index (χ0v) is 11.2. The third kappa shape index (κ3) is 2.82. The first kappa shape index (κ1) is 12.9. The third-order valence-electron chi connectivity index (χ3n) is 4.55. The van der Waals surface area contributed by atoms with Crippen molar-refractivity contribution in [1.29, 1.82) is 0 Å². The maximum Gasteiger partial charge on any atom is 0.225 e. The molecule has 0 bridgehead atoms. The molecule has 2 fully saturated rings. The van der Waals surface area contributed by atoms with Crippen LogP contribution in [0.25, 0.3) is 0 Å². The number of hydrogen-bond acceptors (Lipinski definition) is 2. The number of amides is 1. The lowest BCUT2D eigenvalue weighted by Crippen LogP contribution is -2.34. The second-order valence-corrected chi connectivity index (χ2v) is 6.03. The zero-order chi connectivity index (χ0) is 12.4. The maximum atomic E-state index is 12.3. The fraction of sp³-hybridized carbons (Fsp3) is 0.929. The summed E-state index contributed by atoms with van der Waals surface area (Å²) >= 11 is 0. The quantitative estimate of drug-likeness (QED) is 0.817. The number of nitrogens with two attached hydrogens (primary N) is 1. The SMILES string of the molecule is CCCC(C)C(=O)N1C[C@H]2CC(N)CC[C@H]2C1. The number of rotatable bonds is 3. The molecule has 1 heterocycles. The highest BCUT2D eigenvalue weighted by Gasteiger charge is 2.39. The van der Waals surface area contributed by atoms with Gasteiger partial charge in [0.25, 0.3) is 0 Å². The summed E-state index contributed by atoms with van der Waals surface area (Å²) in [5.41, 5.74) is 6.02. The smallest absolute Gasteiger partial charge is 0.225 e. The van der Waals surface area contributed by atoms with Crippen molar-refractivity contribution < 1.29 is 4.79 Å². The van der Waals surface area contributed by atoms with Crippen LogP contribution in [0.3, 0.4) is 0 Å². The zero-order valence-electron chi connectivity index (χ0n) is 11.2. The van der Waals surface area contributed by atoms with Crippen molar-refractivity contribution in [3.63, 3.8) is 0 Å². The molecule has 0 radical (unpaired) electrons. The minimum absolute atomic E-state index is 0.203. The van der Waals surface area contributed by atoms with Gasteiger partial charge in [-0.15, -0.1) is 0 Å². The van der Waals surface area contributed by atoms with Crippen LogP contribution in [-0.4, -0.2) is 29.9 Å². The molecule has 0 aromatic carbocycles. The second-order valence-electron chi connectivity index (χ2n) is 6.03. The standard InChI is InChI=1S/C14H26N2O/c1-3-4-10(2)14(17)16-8-11-5-6-13(15)7-12(11)9-16/h10-13H,3-9,15H2,1-2H3/t10?,11-,12+,13?/m0/s1. The summed E-state index contributed by atoms with van der Waals surface area (Å²) in [6.45, 7) is 6.17. The van der Waals surface area contributed by atoms with Crippen molar-refractivity contribution in [3.8, 4) is 0 Å². The van der Waals surface area contributed by atoms with E-state index in [1.165, 1.54) is 6.42 Å². The van der Waals surface area contributed by atoms with Crippen molar-refractivity contribution >= 4 is 5.91 Å². The number of nitrogens with zero attached hydrogens (tertiary/aromatic N) is 1. The summed E-state index contributed by atoms with van der Waals surface area (Å²) in [6.07, 6.45) is 5.60. The summed E-state index contributed by atoms with van der Waals surface area (Å²) in [7, 11) is 0. The Hall–Kier alpha value is -0.570. The molecule has 3 nitrogen and oxygen atoms in total. The highest BCUT2D eigenvalue weighted by atomic mass is 16.2. The number of carbonyl (C=O) groups is 1. The van der Waals surface area contributed by atoms with Crippen molar-refractivity contribution in [2.75, 3.05) is 13.1 Å². The minimum atomic E-state index is 0.203. The molecule has 2 rings (SSSR count). The highest BCUT2D eigenvalue weighted by molar-refractivity contribution is 5.78. The van der Waals surface area contributed by atoms with Gasteiger partial charge < -0.3 is 10.6 Å². The summed E-state index contributed by atoms with van der Waals surface area (Å²) in [5, 5.41) is 0. The Morgan fingerprint density at radius 2 is 2.06 bits per heavy atom. The molecule has 0 spiro atoms. The van der Waals surface area contributed by atoms with E-state index in [1.54, 1.807) is 0 Å². The topological polar surface area (TPSA) is 46.3 Å². The summed E-state index contributed by atoms with van der Waals surface area (Å²) in [6, 6.07) is 0.374. The molecule has 1 aliphatic heterocycles. The van der Waals surface area contributed by atoms with Gasteiger partial charge >= 0.3 is 0 Å². The summed E-state index contributed by atoms with van der Waals surface area (Å²) in [4.78, 5) is 14.4. The molecule has 2 N–H and O–H groups in total. The molecular formula is C14H26N2O. The Balaban J connectivity index is 1.90.